The van der Waals surface area contributed by atoms with Crippen molar-refractivity contribution in [1.29, 1.82) is 5.26 Å². The number of likely N-dealkylation sites (N-methyl/N-ethyl adjacent to an activating group) is 1. The van der Waals surface area contributed by atoms with Crippen molar-refractivity contribution < 1.29 is 13.5 Å². The molecule has 2 N–H and O–H groups in total. The summed E-state index contributed by atoms with van der Waals surface area (Å²) in [4.78, 5) is 18.0. The Morgan fingerprint density at radius 3 is 2.70 bits per heavy atom. The summed E-state index contributed by atoms with van der Waals surface area (Å²) in [6.45, 7) is 2.06. The third-order valence-electron chi connectivity index (χ3n) is 8.14. The summed E-state index contributed by atoms with van der Waals surface area (Å²) >= 11 is 0.959. The van der Waals surface area contributed by atoms with Gasteiger partial charge in [0.05, 0.1) is 35.4 Å². The summed E-state index contributed by atoms with van der Waals surface area (Å²) < 4.78 is 37.0. The average Bonchev–Trinajstić information content (AvgIpc) is 3.19. The van der Waals surface area contributed by atoms with Crippen LogP contribution >= 0.6 is 11.3 Å². The van der Waals surface area contributed by atoms with Crippen molar-refractivity contribution in [3.8, 4) is 17.3 Å². The van der Waals surface area contributed by atoms with Gasteiger partial charge in [-0.1, -0.05) is 0 Å². The minimum absolute atomic E-state index is 0.0964. The van der Waals surface area contributed by atoms with Crippen LogP contribution in [0.2, 0.25) is 0 Å². The van der Waals surface area contributed by atoms with Crippen LogP contribution in [-0.4, -0.2) is 53.1 Å². The number of hydrogen-bond acceptors (Lipinski definition) is 9. The van der Waals surface area contributed by atoms with Crippen LogP contribution in [0.4, 0.5) is 19.7 Å². The number of thiophene rings is 1. The SMILES string of the molecule is CN(C)[C@@H]1CN(c2ncc3c4c(c(-c5ncc(F)c6sc(N)c(C#N)c56)c(F)c3n2)COC4)CC12CC2. The molecule has 188 valence electrons. The number of nitrogen functional groups attached to an aromatic ring is 1. The van der Waals surface area contributed by atoms with Crippen LogP contribution in [0.5, 0.6) is 0 Å². The third-order valence-corrected chi connectivity index (χ3v) is 9.16. The molecule has 0 bridgehead atoms. The number of nitrogens with zero attached hydrogens (tertiary/aromatic N) is 6. The van der Waals surface area contributed by atoms with Gasteiger partial charge in [0.25, 0.3) is 0 Å². The number of rotatable bonds is 3. The normalized spacial score (nSPS) is 19.9. The second-order valence-corrected chi connectivity index (χ2v) is 11.5. The highest BCUT2D eigenvalue weighted by atomic mass is 32.1. The number of halogens is 2. The lowest BCUT2D eigenvalue weighted by Gasteiger charge is -2.24. The molecule has 2 fully saturated rings. The molecule has 2 aliphatic heterocycles. The molecule has 1 spiro atoms. The summed E-state index contributed by atoms with van der Waals surface area (Å²) in [5.41, 5.74) is 8.28. The van der Waals surface area contributed by atoms with Crippen LogP contribution in [0.1, 0.15) is 29.5 Å². The molecule has 0 unspecified atom stereocenters. The first-order valence-electron chi connectivity index (χ1n) is 12.1. The molecular weight excluding hydrogens is 496 g/mol. The van der Waals surface area contributed by atoms with Gasteiger partial charge in [0.15, 0.2) is 11.6 Å². The van der Waals surface area contributed by atoms with E-state index in [0.717, 1.165) is 36.2 Å². The first-order chi connectivity index (χ1) is 17.8. The highest BCUT2D eigenvalue weighted by Gasteiger charge is 2.56. The molecule has 5 heterocycles. The molecule has 1 saturated heterocycles. The van der Waals surface area contributed by atoms with Crippen molar-refractivity contribution >= 4 is 43.3 Å². The smallest absolute Gasteiger partial charge is 0.226 e. The summed E-state index contributed by atoms with van der Waals surface area (Å²) in [6, 6.07) is 2.44. The molecule has 37 heavy (non-hydrogen) atoms. The van der Waals surface area contributed by atoms with Crippen molar-refractivity contribution in [1.82, 2.24) is 19.9 Å². The van der Waals surface area contributed by atoms with Crippen LogP contribution in [0, 0.1) is 28.4 Å². The molecule has 3 aliphatic rings. The van der Waals surface area contributed by atoms with Crippen LogP contribution in [-0.2, 0) is 18.0 Å². The average molecular weight is 520 g/mol. The van der Waals surface area contributed by atoms with Crippen molar-refractivity contribution in [2.45, 2.75) is 32.1 Å². The molecule has 1 aromatic carbocycles. The maximum atomic E-state index is 16.5. The third kappa shape index (κ3) is 3.13. The summed E-state index contributed by atoms with van der Waals surface area (Å²) in [7, 11) is 4.18. The first kappa shape index (κ1) is 22.7. The predicted molar refractivity (Wildman–Crippen MR) is 137 cm³/mol. The number of aromatic nitrogens is 3. The van der Waals surface area contributed by atoms with Gasteiger partial charge in [-0.15, -0.1) is 11.3 Å². The van der Waals surface area contributed by atoms with Crippen LogP contribution in [0.15, 0.2) is 12.4 Å². The number of nitrogens with two attached hydrogens (primary N) is 1. The van der Waals surface area contributed by atoms with Crippen LogP contribution in [0.3, 0.4) is 0 Å². The van der Waals surface area contributed by atoms with Gasteiger partial charge in [0.1, 0.15) is 16.6 Å². The Bertz CT molecular complexity index is 1670. The quantitative estimate of drug-likeness (QED) is 0.430. The fourth-order valence-corrected chi connectivity index (χ4v) is 7.08. The van der Waals surface area contributed by atoms with E-state index in [0.29, 0.717) is 22.9 Å². The van der Waals surface area contributed by atoms with Gasteiger partial charge >= 0.3 is 0 Å². The molecule has 8 nitrogen and oxygen atoms in total. The minimum Gasteiger partial charge on any atom is -0.389 e. The molecule has 1 atom stereocenters. The number of benzene rings is 1. The molecular formula is C26H23F2N7OS. The van der Waals surface area contributed by atoms with Gasteiger partial charge in [-0.05, 0) is 38.1 Å². The van der Waals surface area contributed by atoms with Crippen LogP contribution < -0.4 is 10.6 Å². The maximum absolute atomic E-state index is 16.5. The van der Waals surface area contributed by atoms with Crippen molar-refractivity contribution in [2.24, 2.45) is 5.41 Å². The zero-order valence-corrected chi connectivity index (χ0v) is 21.1. The lowest BCUT2D eigenvalue weighted by Crippen LogP contribution is -2.36. The number of nitriles is 1. The van der Waals surface area contributed by atoms with Crippen LogP contribution in [0.25, 0.3) is 32.2 Å². The topological polar surface area (TPSA) is 104 Å². The molecule has 1 saturated carbocycles. The zero-order chi connectivity index (χ0) is 25.6. The van der Waals surface area contributed by atoms with E-state index in [1.165, 1.54) is 12.8 Å². The molecule has 4 aromatic rings. The van der Waals surface area contributed by atoms with Gasteiger partial charge in [0, 0.05) is 47.1 Å². The van der Waals surface area contributed by atoms with E-state index in [-0.39, 0.29) is 56.1 Å². The fourth-order valence-electron chi connectivity index (χ4n) is 6.16. The standard InChI is InChI=1S/C26H23F2N7OS/c1-34(2)17-8-35(11-26(17)3-4-26)25-32-6-13-14-9-36-10-15(14)18(20(28)21(13)33-25)22-19-12(5-29)24(30)37-23(19)16(27)7-31-22/h6-7,17H,3-4,8-11,30H2,1-2H3/t17-/m1/s1. The van der Waals surface area contributed by atoms with E-state index >= 15 is 4.39 Å². The van der Waals surface area contributed by atoms with Gasteiger partial charge in [0.2, 0.25) is 5.95 Å². The fraction of sp³-hybridized carbons (Fsp3) is 0.385. The molecule has 0 radical (unpaired) electrons. The maximum Gasteiger partial charge on any atom is 0.226 e. The Morgan fingerprint density at radius 2 is 2.00 bits per heavy atom. The summed E-state index contributed by atoms with van der Waals surface area (Å²) in [5, 5.41) is 10.7. The number of hydrogen-bond donors (Lipinski definition) is 1. The molecule has 0 amide bonds. The number of fused-ring (bicyclic) bond motifs is 4. The second-order valence-electron chi connectivity index (χ2n) is 10.4. The van der Waals surface area contributed by atoms with E-state index in [4.69, 9.17) is 15.5 Å². The minimum atomic E-state index is -0.603. The van der Waals surface area contributed by atoms with Crippen molar-refractivity contribution in [2.75, 3.05) is 37.8 Å². The van der Waals surface area contributed by atoms with Gasteiger partial charge in [-0.3, -0.25) is 4.98 Å². The van der Waals surface area contributed by atoms with Crippen molar-refractivity contribution in [3.63, 3.8) is 0 Å². The Hall–Kier alpha value is -3.46. The first-order valence-corrected chi connectivity index (χ1v) is 12.9. The molecule has 11 heteroatoms. The lowest BCUT2D eigenvalue weighted by molar-refractivity contribution is 0.135. The lowest BCUT2D eigenvalue weighted by atomic mass is 9.94. The Labute approximate surface area is 215 Å². The molecule has 7 rings (SSSR count). The predicted octanol–water partition coefficient (Wildman–Crippen LogP) is 4.20. The van der Waals surface area contributed by atoms with Gasteiger partial charge in [-0.25, -0.2) is 18.7 Å². The van der Waals surface area contributed by atoms with E-state index in [9.17, 15) is 9.65 Å². The Morgan fingerprint density at radius 1 is 1.22 bits per heavy atom. The number of ether oxygens (including phenoxy) is 1. The van der Waals surface area contributed by atoms with E-state index in [1.807, 2.05) is 6.07 Å². The molecule has 3 aromatic heterocycles. The second kappa shape index (κ2) is 7.77. The van der Waals surface area contributed by atoms with E-state index in [1.54, 1.807) is 6.20 Å². The number of pyridine rings is 1. The summed E-state index contributed by atoms with van der Waals surface area (Å²) in [6.07, 6.45) is 5.06. The molecule has 1 aliphatic carbocycles. The Kier molecular flexibility index (Phi) is 4.77. The van der Waals surface area contributed by atoms with E-state index in [2.05, 4.69) is 33.9 Å². The summed E-state index contributed by atoms with van der Waals surface area (Å²) in [5.74, 6) is -0.697. The van der Waals surface area contributed by atoms with Gasteiger partial charge in [-0.2, -0.15) is 5.26 Å². The van der Waals surface area contributed by atoms with Gasteiger partial charge < -0.3 is 20.3 Å². The monoisotopic (exact) mass is 519 g/mol. The largest absolute Gasteiger partial charge is 0.389 e. The highest BCUT2D eigenvalue weighted by molar-refractivity contribution is 7.23. The van der Waals surface area contributed by atoms with E-state index < -0.39 is 11.6 Å². The highest BCUT2D eigenvalue weighted by Crippen LogP contribution is 2.54. The zero-order valence-electron chi connectivity index (χ0n) is 20.3. The van der Waals surface area contributed by atoms with Crippen molar-refractivity contribution in [3.05, 3.63) is 40.7 Å². The number of anilines is 2. The Balaban J connectivity index is 1.45.